The second kappa shape index (κ2) is 15.9. The molecule has 0 radical (unpaired) electrons. The first-order valence-corrected chi connectivity index (χ1v) is 18.2. The Morgan fingerprint density at radius 3 is 2.20 bits per heavy atom. The predicted molar refractivity (Wildman–Crippen MR) is 198 cm³/mol. The number of alkyl halides is 3. The number of amides is 1. The van der Waals surface area contributed by atoms with Crippen LogP contribution >= 0.6 is 46.4 Å². The van der Waals surface area contributed by atoms with Crippen LogP contribution in [0, 0.1) is 5.92 Å². The van der Waals surface area contributed by atoms with Crippen molar-refractivity contribution < 1.29 is 24.5 Å². The van der Waals surface area contributed by atoms with Gasteiger partial charge in [-0.1, -0.05) is 126 Å². The first-order chi connectivity index (χ1) is 23.9. The number of ether oxygens (including phenoxy) is 2. The van der Waals surface area contributed by atoms with Gasteiger partial charge in [0.2, 0.25) is 0 Å². The van der Waals surface area contributed by atoms with Crippen molar-refractivity contribution in [2.24, 2.45) is 5.92 Å². The molecule has 1 amide bonds. The summed E-state index contributed by atoms with van der Waals surface area (Å²) in [6.45, 7) is 4.47. The Kier molecular flexibility index (Phi) is 11.8. The van der Waals surface area contributed by atoms with Crippen molar-refractivity contribution in [3.05, 3.63) is 130 Å². The summed E-state index contributed by atoms with van der Waals surface area (Å²) >= 11 is 23.2. The highest BCUT2D eigenvalue weighted by Crippen LogP contribution is 2.43. The molecule has 0 aromatic heterocycles. The molecule has 2 heterocycles. The molecule has 7 nitrogen and oxygen atoms in total. The van der Waals surface area contributed by atoms with Crippen LogP contribution in [0.4, 0.5) is 0 Å². The van der Waals surface area contributed by atoms with Crippen LogP contribution in [-0.2, 0) is 33.0 Å². The van der Waals surface area contributed by atoms with Gasteiger partial charge in [-0.05, 0) is 70.5 Å². The van der Waals surface area contributed by atoms with Gasteiger partial charge in [-0.25, -0.2) is 0 Å². The number of nitrogens with zero attached hydrogens (tertiary/aromatic N) is 1. The fraction of sp³-hybridized carbons (Fsp3) is 0.359. The van der Waals surface area contributed by atoms with Crippen LogP contribution in [0.3, 0.4) is 0 Å². The van der Waals surface area contributed by atoms with Gasteiger partial charge in [0.15, 0.2) is 6.29 Å². The zero-order valence-electron chi connectivity index (χ0n) is 27.6. The first kappa shape index (κ1) is 37.1. The second-order valence-electron chi connectivity index (χ2n) is 13.2. The topological polar surface area (TPSA) is 91.3 Å². The van der Waals surface area contributed by atoms with E-state index in [9.17, 15) is 15.0 Å². The molecule has 2 aliphatic rings. The molecule has 50 heavy (non-hydrogen) atoms. The van der Waals surface area contributed by atoms with Crippen molar-refractivity contribution in [3.63, 3.8) is 0 Å². The van der Waals surface area contributed by atoms with Crippen LogP contribution in [0.15, 0.2) is 97.1 Å². The van der Waals surface area contributed by atoms with Crippen LogP contribution < -0.4 is 5.32 Å². The third-order valence-corrected chi connectivity index (χ3v) is 10.5. The Bertz CT molecular complexity index is 1760. The lowest BCUT2D eigenvalue weighted by Crippen LogP contribution is -2.49. The SMILES string of the molecule is C[C@H]1[C@@H](CN2CCC(O)(c3ccc(Cl)cc3)CC2)O[C@@H](c2cccc(-c3cccc(CNC(=O)C(Cl)(Cl)Cl)c3)c2)O[C@H]1c1ccc(CO)cc1. The molecule has 264 valence electrons. The maximum atomic E-state index is 12.1. The van der Waals surface area contributed by atoms with Crippen molar-refractivity contribution in [3.8, 4) is 11.1 Å². The number of aliphatic hydroxyl groups is 2. The van der Waals surface area contributed by atoms with Crippen LogP contribution in [-0.4, -0.2) is 50.6 Å². The third-order valence-electron chi connectivity index (χ3n) is 9.76. The van der Waals surface area contributed by atoms with Gasteiger partial charge in [-0.3, -0.25) is 4.79 Å². The molecular formula is C39H40Cl4N2O5. The van der Waals surface area contributed by atoms with Crippen LogP contribution in [0.1, 0.15) is 60.0 Å². The molecule has 3 N–H and O–H groups in total. The van der Waals surface area contributed by atoms with Gasteiger partial charge in [0.25, 0.3) is 9.70 Å². The number of halogens is 4. The number of rotatable bonds is 9. The number of likely N-dealkylation sites (tertiary alicyclic amines) is 1. The van der Waals surface area contributed by atoms with E-state index >= 15 is 0 Å². The van der Waals surface area contributed by atoms with Crippen LogP contribution in [0.2, 0.25) is 5.02 Å². The summed E-state index contributed by atoms with van der Waals surface area (Å²) in [4.78, 5) is 14.4. The Hall–Kier alpha value is -2.69. The Morgan fingerprint density at radius 1 is 0.880 bits per heavy atom. The average Bonchev–Trinajstić information content (AvgIpc) is 3.12. The lowest BCUT2D eigenvalue weighted by atomic mass is 9.84. The highest BCUT2D eigenvalue weighted by Gasteiger charge is 2.41. The number of piperidine rings is 1. The monoisotopic (exact) mass is 756 g/mol. The van der Waals surface area contributed by atoms with E-state index in [1.54, 1.807) is 0 Å². The van der Waals surface area contributed by atoms with Gasteiger partial charge in [0.1, 0.15) is 0 Å². The number of carbonyl (C=O) groups excluding carboxylic acids is 1. The molecule has 0 unspecified atom stereocenters. The summed E-state index contributed by atoms with van der Waals surface area (Å²) in [5.41, 5.74) is 5.49. The third kappa shape index (κ3) is 8.84. The number of benzene rings is 4. The first-order valence-electron chi connectivity index (χ1n) is 16.7. The van der Waals surface area contributed by atoms with Gasteiger partial charge < -0.3 is 29.9 Å². The maximum Gasteiger partial charge on any atom is 0.272 e. The molecule has 4 aromatic rings. The Morgan fingerprint density at radius 2 is 1.54 bits per heavy atom. The minimum Gasteiger partial charge on any atom is -0.392 e. The van der Waals surface area contributed by atoms with E-state index in [1.807, 2.05) is 91.0 Å². The van der Waals surface area contributed by atoms with E-state index in [0.717, 1.165) is 52.0 Å². The molecule has 0 spiro atoms. The molecule has 2 aliphatic heterocycles. The maximum absolute atomic E-state index is 12.1. The molecule has 2 saturated heterocycles. The highest BCUT2D eigenvalue weighted by molar-refractivity contribution is 6.76. The Labute approximate surface area is 313 Å². The standard InChI is InChI=1S/C39H40Cl4N2O5/c1-25-34(23-45-18-16-38(48,17-19-45)32-12-14-33(40)15-13-32)49-36(50-35(25)28-10-8-26(24-46)9-11-28)31-7-3-6-30(21-31)29-5-2-4-27(20-29)22-44-37(47)39(41,42)43/h2-15,20-21,25,34-36,46,48H,16-19,22-24H2,1H3,(H,44,47)/t25-,34+,35+,36+/m0/s1. The van der Waals surface area contributed by atoms with Crippen molar-refractivity contribution >= 4 is 52.3 Å². The summed E-state index contributed by atoms with van der Waals surface area (Å²) < 4.78 is 11.5. The van der Waals surface area contributed by atoms with E-state index in [4.69, 9.17) is 55.9 Å². The van der Waals surface area contributed by atoms with Crippen molar-refractivity contribution in [1.29, 1.82) is 0 Å². The molecule has 0 aliphatic carbocycles. The Balaban J connectivity index is 1.21. The van der Waals surface area contributed by atoms with E-state index < -0.39 is 21.6 Å². The molecule has 0 bridgehead atoms. The molecule has 2 fully saturated rings. The second-order valence-corrected chi connectivity index (χ2v) is 15.9. The fourth-order valence-electron chi connectivity index (χ4n) is 6.75. The molecule has 11 heteroatoms. The number of hydrogen-bond acceptors (Lipinski definition) is 6. The quantitative estimate of drug-likeness (QED) is 0.149. The molecule has 6 rings (SSSR count). The number of carbonyl (C=O) groups is 1. The van der Waals surface area contributed by atoms with Crippen LogP contribution in [0.25, 0.3) is 11.1 Å². The van der Waals surface area contributed by atoms with E-state index in [0.29, 0.717) is 24.4 Å². The molecular weight excluding hydrogens is 718 g/mol. The van der Waals surface area contributed by atoms with Gasteiger partial charge in [0.05, 0.1) is 24.4 Å². The van der Waals surface area contributed by atoms with Gasteiger partial charge in [-0.2, -0.15) is 0 Å². The smallest absolute Gasteiger partial charge is 0.272 e. The van der Waals surface area contributed by atoms with Crippen molar-refractivity contribution in [2.75, 3.05) is 19.6 Å². The summed E-state index contributed by atoms with van der Waals surface area (Å²) in [5.74, 6) is -0.668. The van der Waals surface area contributed by atoms with Crippen LogP contribution in [0.5, 0.6) is 0 Å². The minimum atomic E-state index is -2.03. The zero-order valence-corrected chi connectivity index (χ0v) is 30.6. The molecule has 0 saturated carbocycles. The fourth-order valence-corrected chi connectivity index (χ4v) is 7.07. The summed E-state index contributed by atoms with van der Waals surface area (Å²) in [7, 11) is 0. The summed E-state index contributed by atoms with van der Waals surface area (Å²) in [6.07, 6.45) is 0.164. The van der Waals surface area contributed by atoms with E-state index in [1.165, 1.54) is 0 Å². The highest BCUT2D eigenvalue weighted by atomic mass is 35.6. The largest absolute Gasteiger partial charge is 0.392 e. The lowest BCUT2D eigenvalue weighted by molar-refractivity contribution is -0.277. The molecule has 4 atom stereocenters. The minimum absolute atomic E-state index is 0.0195. The normalized spacial score (nSPS) is 22.6. The van der Waals surface area contributed by atoms with Gasteiger partial charge >= 0.3 is 0 Å². The zero-order chi connectivity index (χ0) is 35.5. The van der Waals surface area contributed by atoms with E-state index in [2.05, 4.69) is 23.2 Å². The van der Waals surface area contributed by atoms with E-state index in [-0.39, 0.29) is 31.3 Å². The number of aliphatic hydroxyl groups excluding tert-OH is 1. The lowest BCUT2D eigenvalue weighted by Gasteiger charge is -2.45. The average molecular weight is 759 g/mol. The van der Waals surface area contributed by atoms with Gasteiger partial charge in [0, 0.05) is 42.7 Å². The van der Waals surface area contributed by atoms with Crippen molar-refractivity contribution in [2.45, 2.75) is 60.8 Å². The van der Waals surface area contributed by atoms with Gasteiger partial charge in [-0.15, -0.1) is 0 Å². The predicted octanol–water partition coefficient (Wildman–Crippen LogP) is 8.26. The number of hydrogen-bond donors (Lipinski definition) is 3. The van der Waals surface area contributed by atoms with Crippen molar-refractivity contribution in [1.82, 2.24) is 10.2 Å². The number of nitrogens with one attached hydrogen (secondary N) is 1. The molecule has 4 aromatic carbocycles. The summed E-state index contributed by atoms with van der Waals surface area (Å²) in [6, 6.07) is 31.2. The summed E-state index contributed by atoms with van der Waals surface area (Å²) in [5, 5.41) is 24.4.